The molecule has 4 aliphatic rings. The van der Waals surface area contributed by atoms with Crippen molar-refractivity contribution >= 4 is 0 Å². The number of benzene rings is 4. The molecule has 7 heteroatoms. The van der Waals surface area contributed by atoms with E-state index in [4.69, 9.17) is 33.2 Å². The third kappa shape index (κ3) is 5.50. The first kappa shape index (κ1) is 31.4. The topological polar surface area (TPSA) is 64.6 Å². The molecule has 0 aliphatic carbocycles. The van der Waals surface area contributed by atoms with Crippen LogP contribution in [0.15, 0.2) is 97.1 Å². The summed E-state index contributed by atoms with van der Waals surface area (Å²) in [4.78, 5) is 0. The average Bonchev–Trinajstić information content (AvgIpc) is 3.77. The van der Waals surface area contributed by atoms with E-state index in [1.54, 1.807) is 14.2 Å². The van der Waals surface area contributed by atoms with Crippen LogP contribution in [-0.4, -0.2) is 26.4 Å². The summed E-state index contributed by atoms with van der Waals surface area (Å²) in [5, 5.41) is 0. The van der Waals surface area contributed by atoms with Crippen LogP contribution in [0.3, 0.4) is 0 Å². The predicted octanol–water partition coefficient (Wildman–Crippen LogP) is 9.31. The lowest BCUT2D eigenvalue weighted by Crippen LogP contribution is -2.27. The van der Waals surface area contributed by atoms with E-state index in [1.165, 1.54) is 0 Å². The Morgan fingerprint density at radius 2 is 1.02 bits per heavy atom. The van der Waals surface area contributed by atoms with Crippen LogP contribution in [0.25, 0.3) is 0 Å². The van der Waals surface area contributed by atoms with Crippen LogP contribution in [0.2, 0.25) is 0 Å². The molecule has 0 saturated heterocycles. The average molecular weight is 659 g/mol. The van der Waals surface area contributed by atoms with Crippen LogP contribution in [-0.2, 0) is 17.6 Å². The zero-order valence-corrected chi connectivity index (χ0v) is 28.5. The number of hydrogen-bond donors (Lipinski definition) is 0. The Morgan fingerprint density at radius 3 is 1.39 bits per heavy atom. The molecule has 6 atom stereocenters. The van der Waals surface area contributed by atoms with Gasteiger partial charge in [0.15, 0.2) is 0 Å². The van der Waals surface area contributed by atoms with E-state index in [2.05, 4.69) is 37.4 Å². The van der Waals surface area contributed by atoms with E-state index < -0.39 is 0 Å². The van der Waals surface area contributed by atoms with E-state index in [-0.39, 0.29) is 36.6 Å². The smallest absolute Gasteiger partial charge is 0.136 e. The minimum atomic E-state index is -0.372. The molecule has 0 saturated carbocycles. The largest absolute Gasteiger partial charge is 0.496 e. The predicted molar refractivity (Wildman–Crippen MR) is 187 cm³/mol. The van der Waals surface area contributed by atoms with Gasteiger partial charge in [-0.1, -0.05) is 73.8 Å². The maximum Gasteiger partial charge on any atom is 0.136 e. The van der Waals surface area contributed by atoms with Gasteiger partial charge in [-0.25, -0.2) is 0 Å². The zero-order valence-electron chi connectivity index (χ0n) is 28.5. The van der Waals surface area contributed by atoms with Gasteiger partial charge < -0.3 is 33.2 Å². The van der Waals surface area contributed by atoms with Gasteiger partial charge in [0.25, 0.3) is 0 Å². The van der Waals surface area contributed by atoms with Crippen molar-refractivity contribution in [1.29, 1.82) is 0 Å². The Morgan fingerprint density at radius 1 is 0.612 bits per heavy atom. The first-order chi connectivity index (χ1) is 23.8. The normalized spacial score (nSPS) is 24.5. The van der Waals surface area contributed by atoms with Gasteiger partial charge in [-0.15, -0.1) is 0 Å². The van der Waals surface area contributed by atoms with Crippen molar-refractivity contribution in [2.45, 2.75) is 76.2 Å². The Kier molecular flexibility index (Phi) is 8.03. The second-order valence-corrected chi connectivity index (χ2v) is 13.5. The second kappa shape index (κ2) is 12.5. The van der Waals surface area contributed by atoms with Gasteiger partial charge in [-0.2, -0.15) is 0 Å². The Balaban J connectivity index is 1.26. The maximum absolute atomic E-state index is 7.41. The van der Waals surface area contributed by atoms with Crippen molar-refractivity contribution < 1.29 is 33.2 Å². The van der Waals surface area contributed by atoms with Crippen molar-refractivity contribution in [3.8, 4) is 34.5 Å². The van der Waals surface area contributed by atoms with Gasteiger partial charge in [0.1, 0.15) is 58.9 Å². The molecule has 252 valence electrons. The molecular formula is C42H42O7. The summed E-state index contributed by atoms with van der Waals surface area (Å²) in [6.07, 6.45) is 1.04. The Bertz CT molecular complexity index is 1780. The molecular weight excluding hydrogens is 616 g/mol. The number of rotatable bonds is 8. The number of methoxy groups -OCH3 is 2. The van der Waals surface area contributed by atoms with E-state index in [0.717, 1.165) is 67.5 Å². The van der Waals surface area contributed by atoms with Crippen molar-refractivity contribution in [3.63, 3.8) is 0 Å². The summed E-state index contributed by atoms with van der Waals surface area (Å²) >= 11 is 0. The summed E-state index contributed by atoms with van der Waals surface area (Å²) in [6.45, 7) is 12.4. The van der Waals surface area contributed by atoms with Crippen molar-refractivity contribution in [3.05, 3.63) is 130 Å². The monoisotopic (exact) mass is 658 g/mol. The summed E-state index contributed by atoms with van der Waals surface area (Å²) in [5.74, 6) is 4.43. The maximum atomic E-state index is 7.41. The van der Waals surface area contributed by atoms with Crippen molar-refractivity contribution in [2.75, 3.05) is 14.2 Å². The van der Waals surface area contributed by atoms with Crippen molar-refractivity contribution in [1.82, 2.24) is 0 Å². The van der Waals surface area contributed by atoms with Gasteiger partial charge in [-0.3, -0.25) is 0 Å². The summed E-state index contributed by atoms with van der Waals surface area (Å²) in [7, 11) is 3.38. The number of fused-ring (bicyclic) bond motifs is 6. The van der Waals surface area contributed by atoms with E-state index in [1.807, 2.05) is 62.4 Å². The minimum Gasteiger partial charge on any atom is -0.496 e. The standard InChI is InChI=1S/C42H42O7/c1-23(2)29-17-27-33(45-29)21-35(43-5)39-37(19-31(48-41(27)39)25-13-9-7-10-14-25)47-38-20-32(26-15-11-8-12-16-26)49-42-28-18-30(24(3)4)46-34(28)22-36(44-6)40(38)42/h7-16,21-22,29-32,37-38H,1,3,17-20H2,2,4-6H3/t29-,30-,31-,32-,37+,38+/m0/s1. The van der Waals surface area contributed by atoms with Crippen LogP contribution in [0, 0.1) is 0 Å². The lowest BCUT2D eigenvalue weighted by molar-refractivity contribution is -0.0757. The fourth-order valence-electron chi connectivity index (χ4n) is 7.66. The molecule has 0 N–H and O–H groups in total. The van der Waals surface area contributed by atoms with E-state index in [9.17, 15) is 0 Å². The summed E-state index contributed by atoms with van der Waals surface area (Å²) in [6, 6.07) is 24.6. The number of hydrogen-bond acceptors (Lipinski definition) is 7. The van der Waals surface area contributed by atoms with Gasteiger partial charge >= 0.3 is 0 Å². The van der Waals surface area contributed by atoms with Crippen molar-refractivity contribution in [2.24, 2.45) is 0 Å². The Hall–Kier alpha value is -4.88. The fraction of sp³-hybridized carbons (Fsp3) is 0.333. The molecule has 0 aromatic heterocycles. The third-order valence-corrected chi connectivity index (χ3v) is 10.2. The highest BCUT2D eigenvalue weighted by Gasteiger charge is 2.44. The lowest BCUT2D eigenvalue weighted by atomic mass is 9.88. The molecule has 49 heavy (non-hydrogen) atoms. The summed E-state index contributed by atoms with van der Waals surface area (Å²) < 4.78 is 46.1. The highest BCUT2D eigenvalue weighted by Crippen LogP contribution is 2.58. The molecule has 4 aliphatic heterocycles. The third-order valence-electron chi connectivity index (χ3n) is 10.2. The van der Waals surface area contributed by atoms with Gasteiger partial charge in [-0.05, 0) is 36.1 Å². The van der Waals surface area contributed by atoms with Crippen LogP contribution in [0.1, 0.15) is 84.5 Å². The molecule has 0 bridgehead atoms. The van der Waals surface area contributed by atoms with Crippen LogP contribution < -0.4 is 28.4 Å². The molecule has 7 nitrogen and oxygen atoms in total. The summed E-state index contributed by atoms with van der Waals surface area (Å²) in [5.41, 5.74) is 7.94. The minimum absolute atomic E-state index is 0.128. The Labute approximate surface area is 288 Å². The highest BCUT2D eigenvalue weighted by atomic mass is 16.5. The molecule has 0 radical (unpaired) electrons. The van der Waals surface area contributed by atoms with Gasteiger partial charge in [0.05, 0.1) is 37.6 Å². The zero-order chi connectivity index (χ0) is 33.8. The molecule has 8 rings (SSSR count). The molecule has 4 aromatic carbocycles. The van der Waals surface area contributed by atoms with Gasteiger partial charge in [0, 0.05) is 48.9 Å². The molecule has 4 aromatic rings. The molecule has 0 amide bonds. The van der Waals surface area contributed by atoms with Crippen LogP contribution in [0.4, 0.5) is 0 Å². The number of ether oxygens (including phenoxy) is 7. The van der Waals surface area contributed by atoms with Crippen LogP contribution >= 0.6 is 0 Å². The SMILES string of the molecule is C=C(C)[C@@H]1Cc2c(cc(OC)c3c2O[C@H](c2ccccc2)C[C@H]3O[C@@H]2C[C@@H](c3ccccc3)Oc3c4c(cc(OC)c32)O[C@H](C(=C)C)C4)O1. The first-order valence-electron chi connectivity index (χ1n) is 17.0. The quantitative estimate of drug-likeness (QED) is 0.175. The molecule has 0 unspecified atom stereocenters. The molecule has 0 fully saturated rings. The van der Waals surface area contributed by atoms with Gasteiger partial charge in [0.2, 0.25) is 0 Å². The molecule has 0 spiro atoms. The molecule has 4 heterocycles. The highest BCUT2D eigenvalue weighted by molar-refractivity contribution is 5.63. The van der Waals surface area contributed by atoms with Crippen LogP contribution in [0.5, 0.6) is 34.5 Å². The first-order valence-corrected chi connectivity index (χ1v) is 17.0. The fourth-order valence-corrected chi connectivity index (χ4v) is 7.66. The second-order valence-electron chi connectivity index (χ2n) is 13.5. The lowest BCUT2D eigenvalue weighted by Gasteiger charge is -2.39. The van der Waals surface area contributed by atoms with E-state index >= 15 is 0 Å². The van der Waals surface area contributed by atoms with E-state index in [0.29, 0.717) is 37.2 Å².